The van der Waals surface area contributed by atoms with E-state index in [9.17, 15) is 4.79 Å². The van der Waals surface area contributed by atoms with Gasteiger partial charge in [-0.3, -0.25) is 4.79 Å². The first-order valence-corrected chi connectivity index (χ1v) is 8.87. The summed E-state index contributed by atoms with van der Waals surface area (Å²) in [5.74, 6) is 1.15. The second kappa shape index (κ2) is 5.91. The molecule has 4 rings (SSSR count). The number of amides is 1. The van der Waals surface area contributed by atoms with Gasteiger partial charge in [0.2, 0.25) is 12.7 Å². The monoisotopic (exact) mass is 360 g/mol. The Bertz CT molecular complexity index is 957. The molecule has 24 heavy (non-hydrogen) atoms. The van der Waals surface area contributed by atoms with Crippen molar-refractivity contribution >= 4 is 39.2 Å². The zero-order valence-electron chi connectivity index (χ0n) is 12.6. The molecule has 122 valence electrons. The summed E-state index contributed by atoms with van der Waals surface area (Å²) in [6, 6.07) is 5.66. The quantitative estimate of drug-likeness (QED) is 0.713. The Morgan fingerprint density at radius 3 is 3.00 bits per heavy atom. The Labute approximate surface area is 145 Å². The molecule has 0 aliphatic carbocycles. The summed E-state index contributed by atoms with van der Waals surface area (Å²) in [7, 11) is 0. The van der Waals surface area contributed by atoms with Gasteiger partial charge >= 0.3 is 0 Å². The first-order chi connectivity index (χ1) is 11.6. The molecule has 3 aromatic rings. The van der Waals surface area contributed by atoms with Gasteiger partial charge in [-0.25, -0.2) is 4.98 Å². The number of carbonyl (C=O) groups is 1. The predicted molar refractivity (Wildman–Crippen MR) is 91.4 cm³/mol. The third-order valence-electron chi connectivity index (χ3n) is 3.39. The molecule has 0 bridgehead atoms. The molecule has 1 aliphatic heterocycles. The van der Waals surface area contributed by atoms with E-state index in [1.807, 2.05) is 25.1 Å². The Kier molecular flexibility index (Phi) is 3.73. The summed E-state index contributed by atoms with van der Waals surface area (Å²) >= 11 is 2.79. The number of carbonyl (C=O) groups excluding carboxylic acids is 1. The number of rotatable bonds is 4. The van der Waals surface area contributed by atoms with E-state index >= 15 is 0 Å². The van der Waals surface area contributed by atoms with Crippen LogP contribution in [0.4, 0.5) is 0 Å². The van der Waals surface area contributed by atoms with Crippen molar-refractivity contribution in [2.75, 3.05) is 12.5 Å². The molecule has 1 aromatic carbocycles. The summed E-state index contributed by atoms with van der Waals surface area (Å²) in [5, 5.41) is 10.1. The molecule has 0 fully saturated rings. The van der Waals surface area contributed by atoms with Crippen LogP contribution in [-0.2, 0) is 4.79 Å². The Hall–Kier alpha value is -2.39. The first-order valence-electron chi connectivity index (χ1n) is 7.07. The van der Waals surface area contributed by atoms with Gasteiger partial charge in [-0.1, -0.05) is 11.8 Å². The van der Waals surface area contributed by atoms with Crippen LogP contribution in [-0.4, -0.2) is 33.6 Å². The van der Waals surface area contributed by atoms with Crippen molar-refractivity contribution in [1.82, 2.24) is 15.2 Å². The average Bonchev–Trinajstić information content (AvgIpc) is 3.17. The molecule has 0 atom stereocenters. The summed E-state index contributed by atoms with van der Waals surface area (Å²) in [6.07, 6.45) is 0. The number of fused-ring (bicyclic) bond motifs is 2. The highest BCUT2D eigenvalue weighted by Crippen LogP contribution is 2.39. The molecule has 9 heteroatoms. The molecule has 2 aromatic heterocycles. The number of aromatic nitrogens is 3. The summed E-state index contributed by atoms with van der Waals surface area (Å²) in [5.41, 5.74) is 7.57. The van der Waals surface area contributed by atoms with Crippen LogP contribution in [0.2, 0.25) is 0 Å². The highest BCUT2D eigenvalue weighted by molar-refractivity contribution is 8.00. The predicted octanol–water partition coefficient (Wildman–Crippen LogP) is 2.37. The number of nitrogens with zero attached hydrogens (tertiary/aromatic N) is 3. The van der Waals surface area contributed by atoms with Gasteiger partial charge in [-0.2, -0.15) is 0 Å². The van der Waals surface area contributed by atoms with Gasteiger partial charge in [0.05, 0.1) is 15.5 Å². The van der Waals surface area contributed by atoms with Crippen molar-refractivity contribution in [2.24, 2.45) is 5.73 Å². The van der Waals surface area contributed by atoms with Gasteiger partial charge in [0.15, 0.2) is 11.5 Å². The molecule has 0 unspecified atom stereocenters. The lowest BCUT2D eigenvalue weighted by Crippen LogP contribution is -2.13. The lowest BCUT2D eigenvalue weighted by atomic mass is 10.1. The number of ether oxygens (including phenoxy) is 2. The second-order valence-corrected chi connectivity index (χ2v) is 7.25. The van der Waals surface area contributed by atoms with Gasteiger partial charge in [-0.05, 0) is 25.1 Å². The van der Waals surface area contributed by atoms with E-state index in [1.165, 1.54) is 11.8 Å². The van der Waals surface area contributed by atoms with Crippen LogP contribution in [0, 0.1) is 6.92 Å². The van der Waals surface area contributed by atoms with E-state index in [2.05, 4.69) is 15.2 Å². The van der Waals surface area contributed by atoms with Gasteiger partial charge in [0.25, 0.3) is 0 Å². The average molecular weight is 360 g/mol. The van der Waals surface area contributed by atoms with Crippen LogP contribution in [0.1, 0.15) is 5.01 Å². The molecular weight excluding hydrogens is 348 g/mol. The molecule has 1 aliphatic rings. The normalized spacial score (nSPS) is 12.7. The number of nitrogens with two attached hydrogens (primary N) is 1. The maximum Gasteiger partial charge on any atom is 0.231 e. The highest BCUT2D eigenvalue weighted by Gasteiger charge is 2.19. The van der Waals surface area contributed by atoms with Gasteiger partial charge < -0.3 is 15.2 Å². The maximum atomic E-state index is 11.0. The van der Waals surface area contributed by atoms with Crippen molar-refractivity contribution < 1.29 is 14.3 Å². The fraction of sp³-hybridized carbons (Fsp3) is 0.200. The third-order valence-corrected chi connectivity index (χ3v) is 5.34. The number of thioether (sulfide) groups is 1. The van der Waals surface area contributed by atoms with E-state index in [0.717, 1.165) is 32.2 Å². The van der Waals surface area contributed by atoms with Crippen LogP contribution in [0.25, 0.3) is 21.5 Å². The van der Waals surface area contributed by atoms with Gasteiger partial charge in [0.1, 0.15) is 16.2 Å². The van der Waals surface area contributed by atoms with E-state index < -0.39 is 5.91 Å². The molecule has 2 N–H and O–H groups in total. The molecule has 7 nitrogen and oxygen atoms in total. The number of aryl methyl sites for hydroxylation is 1. The lowest BCUT2D eigenvalue weighted by Gasteiger charge is -2.05. The fourth-order valence-electron chi connectivity index (χ4n) is 2.39. The minimum absolute atomic E-state index is 0.143. The minimum Gasteiger partial charge on any atom is -0.454 e. The minimum atomic E-state index is -0.401. The zero-order chi connectivity index (χ0) is 16.7. The number of primary amides is 1. The number of hydrogen-bond donors (Lipinski definition) is 1. The van der Waals surface area contributed by atoms with Crippen molar-refractivity contribution in [3.63, 3.8) is 0 Å². The van der Waals surface area contributed by atoms with E-state index in [1.54, 1.807) is 11.3 Å². The first kappa shape index (κ1) is 15.2. The van der Waals surface area contributed by atoms with Crippen LogP contribution in [0.3, 0.4) is 0 Å². The van der Waals surface area contributed by atoms with E-state index in [-0.39, 0.29) is 12.5 Å². The largest absolute Gasteiger partial charge is 0.454 e. The zero-order valence-corrected chi connectivity index (χ0v) is 14.2. The third kappa shape index (κ3) is 2.65. The van der Waals surface area contributed by atoms with Gasteiger partial charge in [0, 0.05) is 5.56 Å². The molecule has 0 radical (unpaired) electrons. The Balaban J connectivity index is 1.82. The Morgan fingerprint density at radius 2 is 2.17 bits per heavy atom. The SMILES string of the molecule is Cc1nc2c(SCC(N)=O)nnc(-c3ccc4c(c3)OCO4)c2s1. The number of benzene rings is 1. The molecule has 0 saturated carbocycles. The van der Waals surface area contributed by atoms with Crippen molar-refractivity contribution in [1.29, 1.82) is 0 Å². The topological polar surface area (TPSA) is 100 Å². The maximum absolute atomic E-state index is 11.0. The van der Waals surface area contributed by atoms with Crippen molar-refractivity contribution in [3.8, 4) is 22.8 Å². The van der Waals surface area contributed by atoms with Crippen molar-refractivity contribution in [2.45, 2.75) is 11.9 Å². The van der Waals surface area contributed by atoms with Crippen LogP contribution in [0.15, 0.2) is 23.2 Å². The van der Waals surface area contributed by atoms with Crippen molar-refractivity contribution in [3.05, 3.63) is 23.2 Å². The molecule has 0 spiro atoms. The Morgan fingerprint density at radius 1 is 1.33 bits per heavy atom. The second-order valence-electron chi connectivity index (χ2n) is 5.09. The smallest absolute Gasteiger partial charge is 0.231 e. The molecule has 1 amide bonds. The van der Waals surface area contributed by atoms with Gasteiger partial charge in [-0.15, -0.1) is 21.5 Å². The summed E-state index contributed by atoms with van der Waals surface area (Å²) < 4.78 is 11.7. The van der Waals surface area contributed by atoms with E-state index in [4.69, 9.17) is 15.2 Å². The summed E-state index contributed by atoms with van der Waals surface area (Å²) in [4.78, 5) is 15.6. The fourth-order valence-corrected chi connectivity index (χ4v) is 4.04. The van der Waals surface area contributed by atoms with Crippen LogP contribution >= 0.6 is 23.1 Å². The molecular formula is C15H12N4O3S2. The number of hydrogen-bond acceptors (Lipinski definition) is 8. The summed E-state index contributed by atoms with van der Waals surface area (Å²) in [6.45, 7) is 2.15. The molecule has 0 saturated heterocycles. The lowest BCUT2D eigenvalue weighted by molar-refractivity contribution is -0.115. The van der Waals surface area contributed by atoms with E-state index in [0.29, 0.717) is 10.8 Å². The molecule has 3 heterocycles. The van der Waals surface area contributed by atoms with Crippen LogP contribution in [0.5, 0.6) is 11.5 Å². The highest BCUT2D eigenvalue weighted by atomic mass is 32.2. The van der Waals surface area contributed by atoms with Crippen LogP contribution < -0.4 is 15.2 Å². The number of thiazole rings is 1. The standard InChI is InChI=1S/C15H12N4O3S2/c1-7-17-13-14(24-7)12(18-19-15(13)23-5-11(16)20)8-2-3-9-10(4-8)22-6-21-9/h2-4H,5-6H2,1H3,(H2,16,20).